The highest BCUT2D eigenvalue weighted by Gasteiger charge is 2.31. The smallest absolute Gasteiger partial charge is 0.314 e. The number of amides is 2. The molecule has 0 saturated carbocycles. The van der Waals surface area contributed by atoms with Crippen molar-refractivity contribution < 1.29 is 19.6 Å². The van der Waals surface area contributed by atoms with Crippen molar-refractivity contribution in [2.24, 2.45) is 0 Å². The second kappa shape index (κ2) is 7.68. The number of carbonyl (C=O) groups is 2. The summed E-state index contributed by atoms with van der Waals surface area (Å²) in [6.45, 7) is 0.397. The molecule has 1 saturated heterocycles. The Balaban J connectivity index is 2.11. The third-order valence-corrected chi connectivity index (χ3v) is 3.89. The lowest BCUT2D eigenvalue weighted by atomic mass is 9.99. The topological polar surface area (TPSA) is 113 Å². The van der Waals surface area contributed by atoms with Gasteiger partial charge in [0.15, 0.2) is 0 Å². The van der Waals surface area contributed by atoms with Gasteiger partial charge in [-0.3, -0.25) is 19.7 Å². The van der Waals surface area contributed by atoms with Gasteiger partial charge in [-0.25, -0.2) is 0 Å². The van der Waals surface area contributed by atoms with Gasteiger partial charge in [0.2, 0.25) is 0 Å². The largest absolute Gasteiger partial charge is 0.396 e. The first-order chi connectivity index (χ1) is 11.0. The lowest BCUT2D eigenvalue weighted by Crippen LogP contribution is -2.48. The van der Waals surface area contributed by atoms with Crippen LogP contribution in [0.3, 0.4) is 0 Å². The van der Waals surface area contributed by atoms with E-state index in [1.807, 2.05) is 0 Å². The summed E-state index contributed by atoms with van der Waals surface area (Å²) in [6.07, 6.45) is 2.90. The van der Waals surface area contributed by atoms with E-state index in [-0.39, 0.29) is 24.0 Å². The van der Waals surface area contributed by atoms with Crippen molar-refractivity contribution >= 4 is 23.2 Å². The number of nitro benzene ring substituents is 1. The van der Waals surface area contributed by atoms with Crippen LogP contribution in [0.5, 0.6) is 0 Å². The number of nitro groups is 1. The second-order valence-corrected chi connectivity index (χ2v) is 5.39. The number of nitrogens with zero attached hydrogens (tertiary/aromatic N) is 2. The van der Waals surface area contributed by atoms with Crippen LogP contribution in [-0.4, -0.2) is 45.9 Å². The molecule has 0 bridgehead atoms. The maximum absolute atomic E-state index is 12.3. The zero-order valence-corrected chi connectivity index (χ0v) is 12.6. The Labute approximate surface area is 133 Å². The van der Waals surface area contributed by atoms with Crippen molar-refractivity contribution in [2.75, 3.05) is 18.5 Å². The molecule has 2 amide bonds. The van der Waals surface area contributed by atoms with Crippen molar-refractivity contribution in [3.8, 4) is 0 Å². The number of hydrogen-bond acceptors (Lipinski definition) is 5. The Kier molecular flexibility index (Phi) is 5.64. The molecule has 2 N–H and O–H groups in total. The van der Waals surface area contributed by atoms with Gasteiger partial charge in [0.05, 0.1) is 4.92 Å². The molecule has 0 spiro atoms. The highest BCUT2D eigenvalue weighted by Crippen LogP contribution is 2.24. The number of anilines is 1. The first-order valence-electron chi connectivity index (χ1n) is 7.51. The van der Waals surface area contributed by atoms with Crippen LogP contribution < -0.4 is 5.32 Å². The minimum atomic E-state index is -0.899. The molecule has 0 aliphatic carbocycles. The van der Waals surface area contributed by atoms with E-state index >= 15 is 0 Å². The molecule has 8 heteroatoms. The predicted octanol–water partition coefficient (Wildman–Crippen LogP) is 1.30. The number of nitrogens with one attached hydrogen (secondary N) is 1. The summed E-state index contributed by atoms with van der Waals surface area (Å²) >= 11 is 0. The van der Waals surface area contributed by atoms with Crippen LogP contribution in [0.25, 0.3) is 0 Å². The molecule has 1 aliphatic rings. The van der Waals surface area contributed by atoms with Gasteiger partial charge < -0.3 is 15.3 Å². The van der Waals surface area contributed by atoms with Gasteiger partial charge in [-0.1, -0.05) is 12.1 Å². The Morgan fingerprint density at radius 3 is 2.78 bits per heavy atom. The van der Waals surface area contributed by atoms with E-state index < -0.39 is 16.7 Å². The van der Waals surface area contributed by atoms with E-state index in [4.69, 9.17) is 5.11 Å². The van der Waals surface area contributed by atoms with Crippen LogP contribution in [0.2, 0.25) is 0 Å². The van der Waals surface area contributed by atoms with E-state index in [0.717, 1.165) is 19.3 Å². The highest BCUT2D eigenvalue weighted by atomic mass is 16.6. The SMILES string of the molecule is O=C(Nc1ccccc1[N+](=O)[O-])C(=O)N1CCCCC1CCO. The third-order valence-electron chi connectivity index (χ3n) is 3.89. The van der Waals surface area contributed by atoms with Crippen LogP contribution in [0.4, 0.5) is 11.4 Å². The number of aliphatic hydroxyl groups is 1. The van der Waals surface area contributed by atoms with Gasteiger partial charge in [0.25, 0.3) is 5.69 Å². The minimum Gasteiger partial charge on any atom is -0.396 e. The van der Waals surface area contributed by atoms with E-state index in [9.17, 15) is 19.7 Å². The summed E-state index contributed by atoms with van der Waals surface area (Å²) in [7, 11) is 0. The molecule has 8 nitrogen and oxygen atoms in total. The van der Waals surface area contributed by atoms with Crippen molar-refractivity contribution in [3.63, 3.8) is 0 Å². The molecule has 23 heavy (non-hydrogen) atoms. The first kappa shape index (κ1) is 16.9. The highest BCUT2D eigenvalue weighted by molar-refractivity contribution is 6.39. The van der Waals surface area contributed by atoms with E-state index in [2.05, 4.69) is 5.32 Å². The molecule has 2 rings (SSSR count). The fraction of sp³-hybridized carbons (Fsp3) is 0.467. The fourth-order valence-corrected chi connectivity index (χ4v) is 2.76. The zero-order valence-electron chi connectivity index (χ0n) is 12.6. The van der Waals surface area contributed by atoms with Crippen LogP contribution in [-0.2, 0) is 9.59 Å². The maximum atomic E-state index is 12.3. The lowest BCUT2D eigenvalue weighted by Gasteiger charge is -2.34. The number of benzene rings is 1. The standard InChI is InChI=1S/C15H19N3O5/c19-10-8-11-5-3-4-9-17(11)15(21)14(20)16-12-6-1-2-7-13(12)18(22)23/h1-2,6-7,11,19H,3-5,8-10H2,(H,16,20). The summed E-state index contributed by atoms with van der Waals surface area (Å²) in [5, 5.41) is 22.3. The predicted molar refractivity (Wildman–Crippen MR) is 82.8 cm³/mol. The number of piperidine rings is 1. The van der Waals surface area contributed by atoms with E-state index in [0.29, 0.717) is 13.0 Å². The molecule has 0 radical (unpaired) electrons. The number of para-hydroxylation sites is 2. The van der Waals surface area contributed by atoms with Crippen molar-refractivity contribution in [3.05, 3.63) is 34.4 Å². The zero-order chi connectivity index (χ0) is 16.8. The summed E-state index contributed by atoms with van der Waals surface area (Å²) in [4.78, 5) is 36.3. The average Bonchev–Trinajstić information content (AvgIpc) is 2.55. The fourth-order valence-electron chi connectivity index (χ4n) is 2.76. The summed E-state index contributed by atoms with van der Waals surface area (Å²) in [5.41, 5.74) is -0.272. The average molecular weight is 321 g/mol. The summed E-state index contributed by atoms with van der Waals surface area (Å²) in [6, 6.07) is 5.50. The molecule has 124 valence electrons. The van der Waals surface area contributed by atoms with Crippen molar-refractivity contribution in [2.45, 2.75) is 31.7 Å². The first-order valence-corrected chi connectivity index (χ1v) is 7.51. The molecule has 0 aromatic heterocycles. The van der Waals surface area contributed by atoms with Gasteiger partial charge in [-0.2, -0.15) is 0 Å². The van der Waals surface area contributed by atoms with Gasteiger partial charge in [-0.05, 0) is 31.7 Å². The quantitative estimate of drug-likeness (QED) is 0.493. The van der Waals surface area contributed by atoms with Gasteiger partial charge in [-0.15, -0.1) is 0 Å². The number of aliphatic hydroxyl groups excluding tert-OH is 1. The van der Waals surface area contributed by atoms with Gasteiger partial charge >= 0.3 is 11.8 Å². The molecule has 1 heterocycles. The molecule has 1 unspecified atom stereocenters. The monoisotopic (exact) mass is 321 g/mol. The van der Waals surface area contributed by atoms with Gasteiger partial charge in [0, 0.05) is 25.3 Å². The maximum Gasteiger partial charge on any atom is 0.314 e. The van der Waals surface area contributed by atoms with E-state index in [1.165, 1.54) is 23.1 Å². The van der Waals surface area contributed by atoms with E-state index in [1.54, 1.807) is 6.07 Å². The van der Waals surface area contributed by atoms with Crippen molar-refractivity contribution in [1.82, 2.24) is 4.90 Å². The second-order valence-electron chi connectivity index (χ2n) is 5.39. The van der Waals surface area contributed by atoms with Crippen LogP contribution in [0.1, 0.15) is 25.7 Å². The normalized spacial score (nSPS) is 17.6. The molecule has 1 fully saturated rings. The number of carbonyl (C=O) groups excluding carboxylic acids is 2. The molecule has 1 atom stereocenters. The summed E-state index contributed by atoms with van der Waals surface area (Å²) < 4.78 is 0. The Hall–Kier alpha value is -2.48. The third kappa shape index (κ3) is 4.04. The molecule has 1 aromatic rings. The molecular weight excluding hydrogens is 302 g/mol. The summed E-state index contributed by atoms with van der Waals surface area (Å²) in [5.74, 6) is -1.62. The van der Waals surface area contributed by atoms with Crippen LogP contribution in [0.15, 0.2) is 24.3 Å². The Morgan fingerprint density at radius 1 is 1.35 bits per heavy atom. The number of rotatable bonds is 4. The molecular formula is C15H19N3O5. The molecule has 1 aliphatic heterocycles. The van der Waals surface area contributed by atoms with Crippen LogP contribution in [0, 0.1) is 10.1 Å². The van der Waals surface area contributed by atoms with Crippen molar-refractivity contribution in [1.29, 1.82) is 0 Å². The number of likely N-dealkylation sites (tertiary alicyclic amines) is 1. The molecule has 1 aromatic carbocycles. The minimum absolute atomic E-state index is 0.00781. The van der Waals surface area contributed by atoms with Gasteiger partial charge in [0.1, 0.15) is 5.69 Å². The lowest BCUT2D eigenvalue weighted by molar-refractivity contribution is -0.383. The Bertz CT molecular complexity index is 603. The number of hydrogen-bond donors (Lipinski definition) is 2. The Morgan fingerprint density at radius 2 is 2.09 bits per heavy atom. The van der Waals surface area contributed by atoms with Crippen LogP contribution >= 0.6 is 0 Å².